The van der Waals surface area contributed by atoms with Crippen molar-refractivity contribution in [1.29, 1.82) is 0 Å². The Hall–Kier alpha value is -1.84. The highest BCUT2D eigenvalue weighted by Gasteiger charge is 2.24. The average Bonchev–Trinajstić information content (AvgIpc) is 2.86. The Kier molecular flexibility index (Phi) is 3.95. The highest BCUT2D eigenvalue weighted by Crippen LogP contribution is 2.36. The third kappa shape index (κ3) is 2.67. The molecule has 0 atom stereocenters. The third-order valence-electron chi connectivity index (χ3n) is 4.44. The topological polar surface area (TPSA) is 43.8 Å². The van der Waals surface area contributed by atoms with Crippen molar-refractivity contribution in [3.05, 3.63) is 35.9 Å². The maximum absolute atomic E-state index is 13.1. The normalized spacial score (nSPS) is 16.3. The molecule has 0 bridgehead atoms. The van der Waals surface area contributed by atoms with Crippen LogP contribution in [0.4, 0.5) is 10.2 Å². The van der Waals surface area contributed by atoms with Crippen molar-refractivity contribution in [2.24, 2.45) is 0 Å². The van der Waals surface area contributed by atoms with Crippen molar-refractivity contribution in [3.63, 3.8) is 0 Å². The number of halogens is 1. The lowest BCUT2D eigenvalue weighted by atomic mass is 9.88. The second-order valence-electron chi connectivity index (χ2n) is 5.79. The van der Waals surface area contributed by atoms with Gasteiger partial charge in [-0.3, -0.25) is 0 Å². The summed E-state index contributed by atoms with van der Waals surface area (Å²) in [4.78, 5) is 4.82. The Labute approximate surface area is 125 Å². The molecular weight excluding hydrogens is 265 g/mol. The number of hydrogen-bond donors (Lipinski definition) is 1. The fraction of sp³-hybridized carbons (Fsp3) is 0.471. The summed E-state index contributed by atoms with van der Waals surface area (Å²) in [5.41, 5.74) is 7.97. The molecule has 2 N–H and O–H groups in total. The van der Waals surface area contributed by atoms with Gasteiger partial charge in [0, 0.05) is 18.0 Å². The predicted octanol–water partition coefficient (Wildman–Crippen LogP) is 4.34. The van der Waals surface area contributed by atoms with Crippen LogP contribution in [0.15, 0.2) is 24.3 Å². The van der Waals surface area contributed by atoms with E-state index in [4.69, 9.17) is 10.7 Å². The van der Waals surface area contributed by atoms with Gasteiger partial charge < -0.3 is 10.3 Å². The van der Waals surface area contributed by atoms with Crippen LogP contribution in [-0.2, 0) is 6.54 Å². The molecule has 4 heteroatoms. The largest absolute Gasteiger partial charge is 0.383 e. The molecule has 1 aliphatic carbocycles. The lowest BCUT2D eigenvalue weighted by Crippen LogP contribution is -2.12. The summed E-state index contributed by atoms with van der Waals surface area (Å²) in [5, 5.41) is 0. The van der Waals surface area contributed by atoms with Gasteiger partial charge in [0.1, 0.15) is 23.2 Å². The van der Waals surface area contributed by atoms with Gasteiger partial charge in [-0.1, -0.05) is 19.3 Å². The molecule has 0 saturated heterocycles. The summed E-state index contributed by atoms with van der Waals surface area (Å²) in [6.45, 7) is 2.92. The van der Waals surface area contributed by atoms with Crippen molar-refractivity contribution < 1.29 is 4.39 Å². The molecule has 3 nitrogen and oxygen atoms in total. The Morgan fingerprint density at radius 3 is 2.48 bits per heavy atom. The Balaban J connectivity index is 2.02. The molecular formula is C17H22FN3. The van der Waals surface area contributed by atoms with Crippen LogP contribution in [0, 0.1) is 5.82 Å². The van der Waals surface area contributed by atoms with Gasteiger partial charge in [0.05, 0.1) is 0 Å². The highest BCUT2D eigenvalue weighted by molar-refractivity contribution is 5.71. The zero-order valence-corrected chi connectivity index (χ0v) is 12.5. The second kappa shape index (κ2) is 5.88. The molecule has 0 amide bonds. The zero-order chi connectivity index (χ0) is 14.8. The van der Waals surface area contributed by atoms with Gasteiger partial charge in [-0.15, -0.1) is 0 Å². The summed E-state index contributed by atoms with van der Waals surface area (Å²) in [5.74, 6) is 2.08. The fourth-order valence-electron chi connectivity index (χ4n) is 3.31. The lowest BCUT2D eigenvalue weighted by molar-refractivity contribution is 0.418. The molecule has 21 heavy (non-hydrogen) atoms. The van der Waals surface area contributed by atoms with E-state index in [2.05, 4.69) is 11.5 Å². The van der Waals surface area contributed by atoms with Crippen LogP contribution in [0.25, 0.3) is 11.3 Å². The van der Waals surface area contributed by atoms with Gasteiger partial charge in [0.15, 0.2) is 0 Å². The molecule has 0 spiro atoms. The molecule has 1 aliphatic rings. The number of imidazole rings is 1. The standard InChI is InChI=1S/C17H22FN3/c1-2-21-16(19)15(12-8-10-14(18)11-9-12)20-17(21)13-6-4-3-5-7-13/h8-11,13H,2-7,19H2,1H3. The number of benzene rings is 1. The molecule has 0 aliphatic heterocycles. The van der Waals surface area contributed by atoms with E-state index < -0.39 is 0 Å². The van der Waals surface area contributed by atoms with Crippen LogP contribution in [0.3, 0.4) is 0 Å². The number of aromatic nitrogens is 2. The van der Waals surface area contributed by atoms with Gasteiger partial charge in [-0.25, -0.2) is 9.37 Å². The molecule has 1 saturated carbocycles. The van der Waals surface area contributed by atoms with E-state index >= 15 is 0 Å². The first-order valence-corrected chi connectivity index (χ1v) is 7.82. The predicted molar refractivity (Wildman–Crippen MR) is 83.5 cm³/mol. The monoisotopic (exact) mass is 287 g/mol. The summed E-state index contributed by atoms with van der Waals surface area (Å²) >= 11 is 0. The highest BCUT2D eigenvalue weighted by atomic mass is 19.1. The first-order chi connectivity index (χ1) is 10.2. The van der Waals surface area contributed by atoms with Crippen molar-refractivity contribution in [1.82, 2.24) is 9.55 Å². The molecule has 1 aromatic carbocycles. The van der Waals surface area contributed by atoms with Crippen LogP contribution in [-0.4, -0.2) is 9.55 Å². The van der Waals surface area contributed by atoms with Gasteiger partial charge in [-0.2, -0.15) is 0 Å². The molecule has 3 rings (SSSR count). The number of anilines is 1. The number of nitrogen functional groups attached to an aromatic ring is 1. The van der Waals surface area contributed by atoms with Crippen LogP contribution in [0.5, 0.6) is 0 Å². The molecule has 1 aromatic heterocycles. The number of rotatable bonds is 3. The molecule has 1 fully saturated rings. The average molecular weight is 287 g/mol. The maximum Gasteiger partial charge on any atom is 0.131 e. The molecule has 0 radical (unpaired) electrons. The summed E-state index contributed by atoms with van der Waals surface area (Å²) in [6.07, 6.45) is 6.25. The van der Waals surface area contributed by atoms with Crippen molar-refractivity contribution in [3.8, 4) is 11.3 Å². The van der Waals surface area contributed by atoms with Gasteiger partial charge >= 0.3 is 0 Å². The van der Waals surface area contributed by atoms with E-state index in [1.165, 1.54) is 44.2 Å². The Morgan fingerprint density at radius 2 is 1.86 bits per heavy atom. The molecule has 2 aromatic rings. The van der Waals surface area contributed by atoms with Crippen molar-refractivity contribution in [2.75, 3.05) is 5.73 Å². The Bertz CT molecular complexity index is 610. The second-order valence-corrected chi connectivity index (χ2v) is 5.79. The van der Waals surface area contributed by atoms with Crippen LogP contribution in [0.1, 0.15) is 50.8 Å². The van der Waals surface area contributed by atoms with E-state index in [-0.39, 0.29) is 5.82 Å². The smallest absolute Gasteiger partial charge is 0.131 e. The van der Waals surface area contributed by atoms with Crippen LogP contribution < -0.4 is 5.73 Å². The van der Waals surface area contributed by atoms with Gasteiger partial charge in [0.2, 0.25) is 0 Å². The fourth-order valence-corrected chi connectivity index (χ4v) is 3.31. The maximum atomic E-state index is 13.1. The van der Waals surface area contributed by atoms with E-state index in [1.807, 2.05) is 0 Å². The van der Waals surface area contributed by atoms with Gasteiger partial charge in [0.25, 0.3) is 0 Å². The summed E-state index contributed by atoms with van der Waals surface area (Å²) in [7, 11) is 0. The number of nitrogens with two attached hydrogens (primary N) is 1. The first kappa shape index (κ1) is 14.1. The van der Waals surface area contributed by atoms with E-state index in [0.29, 0.717) is 11.7 Å². The van der Waals surface area contributed by atoms with Crippen LogP contribution in [0.2, 0.25) is 0 Å². The van der Waals surface area contributed by atoms with Crippen molar-refractivity contribution >= 4 is 5.82 Å². The summed E-state index contributed by atoms with van der Waals surface area (Å²) < 4.78 is 15.2. The third-order valence-corrected chi connectivity index (χ3v) is 4.44. The lowest BCUT2D eigenvalue weighted by Gasteiger charge is -2.21. The van der Waals surface area contributed by atoms with Crippen molar-refractivity contribution in [2.45, 2.75) is 51.5 Å². The molecule has 112 valence electrons. The first-order valence-electron chi connectivity index (χ1n) is 7.82. The molecule has 0 unspecified atom stereocenters. The van der Waals surface area contributed by atoms with Crippen LogP contribution >= 0.6 is 0 Å². The molecule has 1 heterocycles. The zero-order valence-electron chi connectivity index (χ0n) is 12.5. The van der Waals surface area contributed by atoms with Gasteiger partial charge in [-0.05, 0) is 44.0 Å². The number of nitrogens with zero attached hydrogens (tertiary/aromatic N) is 2. The minimum Gasteiger partial charge on any atom is -0.383 e. The minimum atomic E-state index is -0.236. The minimum absolute atomic E-state index is 0.236. The van der Waals surface area contributed by atoms with E-state index in [1.54, 1.807) is 12.1 Å². The quantitative estimate of drug-likeness (QED) is 0.912. The Morgan fingerprint density at radius 1 is 1.19 bits per heavy atom. The van der Waals surface area contributed by atoms with E-state index in [0.717, 1.165) is 23.6 Å². The van der Waals surface area contributed by atoms with E-state index in [9.17, 15) is 4.39 Å². The SMILES string of the molecule is CCn1c(C2CCCCC2)nc(-c2ccc(F)cc2)c1N. The summed E-state index contributed by atoms with van der Waals surface area (Å²) in [6, 6.07) is 6.41. The number of hydrogen-bond acceptors (Lipinski definition) is 2.